The van der Waals surface area contributed by atoms with Crippen molar-refractivity contribution in [1.29, 1.82) is 0 Å². The zero-order valence-corrected chi connectivity index (χ0v) is 8.74. The maximum Gasteiger partial charge on any atom is 0.121 e. The minimum absolute atomic E-state index is 0.107. The topological polar surface area (TPSA) is 52.5 Å². The monoisotopic (exact) mass is 207 g/mol. The minimum atomic E-state index is -0.107. The number of aliphatic hydroxyl groups is 1. The van der Waals surface area contributed by atoms with E-state index >= 15 is 0 Å². The molecule has 82 valence electrons. The van der Waals surface area contributed by atoms with Crippen LogP contribution in [0.1, 0.15) is 36.4 Å². The van der Waals surface area contributed by atoms with Crippen LogP contribution in [-0.2, 0) is 6.61 Å². The molecule has 0 saturated carbocycles. The van der Waals surface area contributed by atoms with E-state index in [1.54, 1.807) is 12.1 Å². The fourth-order valence-electron chi connectivity index (χ4n) is 2.07. The van der Waals surface area contributed by atoms with Gasteiger partial charge in [0.1, 0.15) is 5.75 Å². The van der Waals surface area contributed by atoms with E-state index in [9.17, 15) is 5.11 Å². The summed E-state index contributed by atoms with van der Waals surface area (Å²) in [6.07, 6.45) is 3.59. The van der Waals surface area contributed by atoms with Gasteiger partial charge in [-0.25, -0.2) is 0 Å². The molecule has 1 atom stereocenters. The molecule has 3 heteroatoms. The first-order valence-corrected chi connectivity index (χ1v) is 5.47. The van der Waals surface area contributed by atoms with Gasteiger partial charge in [-0.15, -0.1) is 0 Å². The van der Waals surface area contributed by atoms with Crippen molar-refractivity contribution in [3.63, 3.8) is 0 Å². The molecule has 1 saturated heterocycles. The average Bonchev–Trinajstić information content (AvgIpc) is 2.30. The highest BCUT2D eigenvalue weighted by Gasteiger charge is 2.15. The van der Waals surface area contributed by atoms with Crippen LogP contribution in [0, 0.1) is 0 Å². The van der Waals surface area contributed by atoms with Crippen LogP contribution >= 0.6 is 0 Å². The van der Waals surface area contributed by atoms with Gasteiger partial charge in [-0.1, -0.05) is 18.6 Å². The number of piperidine rings is 1. The number of aromatic hydroxyl groups is 1. The summed E-state index contributed by atoms with van der Waals surface area (Å²) in [4.78, 5) is 0. The Morgan fingerprint density at radius 3 is 2.80 bits per heavy atom. The molecule has 1 aromatic carbocycles. The highest BCUT2D eigenvalue weighted by molar-refractivity contribution is 5.37. The van der Waals surface area contributed by atoms with Gasteiger partial charge in [-0.3, -0.25) is 0 Å². The lowest BCUT2D eigenvalue weighted by Crippen LogP contribution is -2.26. The van der Waals surface area contributed by atoms with Crippen LogP contribution in [0.5, 0.6) is 5.75 Å². The van der Waals surface area contributed by atoms with Crippen LogP contribution in [0.25, 0.3) is 0 Å². The lowest BCUT2D eigenvalue weighted by atomic mass is 9.96. The Bertz CT molecular complexity index is 332. The largest absolute Gasteiger partial charge is 0.508 e. The van der Waals surface area contributed by atoms with Gasteiger partial charge >= 0.3 is 0 Å². The standard InChI is InChI=1S/C12H17NO2/c14-8-10-5-4-9(7-12(10)15)11-3-1-2-6-13-11/h4-5,7,11,13-15H,1-3,6,8H2. The van der Waals surface area contributed by atoms with Gasteiger partial charge in [0.25, 0.3) is 0 Å². The van der Waals surface area contributed by atoms with Gasteiger partial charge < -0.3 is 15.5 Å². The normalized spacial score (nSPS) is 21.5. The second-order valence-corrected chi connectivity index (χ2v) is 4.05. The van der Waals surface area contributed by atoms with Crippen LogP contribution in [0.3, 0.4) is 0 Å². The summed E-state index contributed by atoms with van der Waals surface area (Å²) in [6.45, 7) is 0.942. The number of benzene rings is 1. The van der Waals surface area contributed by atoms with Crippen molar-refractivity contribution >= 4 is 0 Å². The predicted molar refractivity (Wildman–Crippen MR) is 58.6 cm³/mol. The molecule has 2 rings (SSSR count). The molecular formula is C12H17NO2. The number of hydrogen-bond acceptors (Lipinski definition) is 3. The summed E-state index contributed by atoms with van der Waals surface area (Å²) >= 11 is 0. The third-order valence-electron chi connectivity index (χ3n) is 2.99. The van der Waals surface area contributed by atoms with Crippen molar-refractivity contribution < 1.29 is 10.2 Å². The first-order valence-electron chi connectivity index (χ1n) is 5.47. The summed E-state index contributed by atoms with van der Waals surface area (Å²) in [6, 6.07) is 5.89. The van der Waals surface area contributed by atoms with Gasteiger partial charge in [-0.2, -0.15) is 0 Å². The van der Waals surface area contributed by atoms with Crippen molar-refractivity contribution in [2.45, 2.75) is 31.9 Å². The molecule has 1 aromatic rings. The number of aliphatic hydroxyl groups excluding tert-OH is 1. The second kappa shape index (κ2) is 4.64. The smallest absolute Gasteiger partial charge is 0.121 e. The number of nitrogens with one attached hydrogen (secondary N) is 1. The molecule has 3 N–H and O–H groups in total. The zero-order chi connectivity index (χ0) is 10.7. The highest BCUT2D eigenvalue weighted by Crippen LogP contribution is 2.27. The molecule has 0 spiro atoms. The fourth-order valence-corrected chi connectivity index (χ4v) is 2.07. The van der Waals surface area contributed by atoms with Crippen LogP contribution in [0.15, 0.2) is 18.2 Å². The van der Waals surface area contributed by atoms with E-state index in [-0.39, 0.29) is 12.4 Å². The van der Waals surface area contributed by atoms with Crippen LogP contribution < -0.4 is 5.32 Å². The Balaban J connectivity index is 2.17. The Kier molecular flexibility index (Phi) is 3.23. The molecule has 3 nitrogen and oxygen atoms in total. The Morgan fingerprint density at radius 2 is 2.20 bits per heavy atom. The van der Waals surface area contributed by atoms with E-state index in [1.165, 1.54) is 12.8 Å². The van der Waals surface area contributed by atoms with Crippen LogP contribution in [0.2, 0.25) is 0 Å². The highest BCUT2D eigenvalue weighted by atomic mass is 16.3. The first kappa shape index (κ1) is 10.5. The molecule has 0 bridgehead atoms. The number of hydrogen-bond donors (Lipinski definition) is 3. The van der Waals surface area contributed by atoms with Gasteiger partial charge in [0.05, 0.1) is 6.61 Å². The number of rotatable bonds is 2. The van der Waals surface area contributed by atoms with Crippen molar-refractivity contribution in [3.05, 3.63) is 29.3 Å². The maximum atomic E-state index is 9.63. The van der Waals surface area contributed by atoms with E-state index in [1.807, 2.05) is 6.07 Å². The molecule has 15 heavy (non-hydrogen) atoms. The molecule has 1 unspecified atom stereocenters. The zero-order valence-electron chi connectivity index (χ0n) is 8.74. The van der Waals surface area contributed by atoms with Gasteiger partial charge in [0.2, 0.25) is 0 Å². The Labute approximate surface area is 89.8 Å². The van der Waals surface area contributed by atoms with E-state index in [0.717, 1.165) is 18.5 Å². The summed E-state index contributed by atoms with van der Waals surface area (Å²) in [5.41, 5.74) is 1.71. The van der Waals surface area contributed by atoms with Crippen molar-refractivity contribution in [3.8, 4) is 5.75 Å². The third-order valence-corrected chi connectivity index (χ3v) is 2.99. The second-order valence-electron chi connectivity index (χ2n) is 4.05. The minimum Gasteiger partial charge on any atom is -0.508 e. The lowest BCUT2D eigenvalue weighted by molar-refractivity contribution is 0.275. The summed E-state index contributed by atoms with van der Waals surface area (Å²) in [7, 11) is 0. The summed E-state index contributed by atoms with van der Waals surface area (Å²) in [5.74, 6) is 0.197. The van der Waals surface area contributed by atoms with Crippen molar-refractivity contribution in [2.75, 3.05) is 6.54 Å². The average molecular weight is 207 g/mol. The first-order chi connectivity index (χ1) is 7.31. The quantitative estimate of drug-likeness (QED) is 0.692. The van der Waals surface area contributed by atoms with Crippen molar-refractivity contribution in [1.82, 2.24) is 5.32 Å². The molecule has 0 radical (unpaired) electrons. The van der Waals surface area contributed by atoms with E-state index < -0.39 is 0 Å². The summed E-state index contributed by atoms with van der Waals surface area (Å²) < 4.78 is 0. The number of phenols is 1. The fraction of sp³-hybridized carbons (Fsp3) is 0.500. The molecule has 1 aliphatic heterocycles. The molecule has 1 aliphatic rings. The maximum absolute atomic E-state index is 9.63. The summed E-state index contributed by atoms with van der Waals surface area (Å²) in [5, 5.41) is 22.0. The lowest BCUT2D eigenvalue weighted by Gasteiger charge is -2.24. The molecule has 0 aliphatic carbocycles. The SMILES string of the molecule is OCc1ccc(C2CCCCN2)cc1O. The van der Waals surface area contributed by atoms with E-state index in [2.05, 4.69) is 5.32 Å². The van der Waals surface area contributed by atoms with Crippen LogP contribution in [0.4, 0.5) is 0 Å². The van der Waals surface area contributed by atoms with Gasteiger partial charge in [0.15, 0.2) is 0 Å². The third kappa shape index (κ3) is 2.30. The molecular weight excluding hydrogens is 190 g/mol. The van der Waals surface area contributed by atoms with E-state index in [4.69, 9.17) is 5.11 Å². The Hall–Kier alpha value is -1.06. The Morgan fingerprint density at radius 1 is 1.33 bits per heavy atom. The van der Waals surface area contributed by atoms with Crippen LogP contribution in [-0.4, -0.2) is 16.8 Å². The van der Waals surface area contributed by atoms with Gasteiger partial charge in [-0.05, 0) is 31.0 Å². The van der Waals surface area contributed by atoms with Crippen molar-refractivity contribution in [2.24, 2.45) is 0 Å². The molecule has 1 fully saturated rings. The molecule has 0 amide bonds. The van der Waals surface area contributed by atoms with E-state index in [0.29, 0.717) is 11.6 Å². The predicted octanol–water partition coefficient (Wildman–Crippen LogP) is 1.70. The van der Waals surface area contributed by atoms with Gasteiger partial charge in [0, 0.05) is 11.6 Å². The molecule has 0 aromatic heterocycles. The molecule has 1 heterocycles.